The van der Waals surface area contributed by atoms with Gasteiger partial charge >= 0.3 is 0 Å². The Morgan fingerprint density at radius 2 is 2.17 bits per heavy atom. The first-order valence-corrected chi connectivity index (χ1v) is 9.13. The van der Waals surface area contributed by atoms with E-state index in [0.717, 1.165) is 23.6 Å². The molecule has 0 aliphatic carbocycles. The van der Waals surface area contributed by atoms with E-state index < -0.39 is 0 Å². The Morgan fingerprint density at radius 3 is 2.96 bits per heavy atom. The Balaban J connectivity index is 1.52. The third kappa shape index (κ3) is 3.22. The summed E-state index contributed by atoms with van der Waals surface area (Å²) in [6, 6.07) is 10.3. The number of hydrogen-bond donors (Lipinski definition) is 0. The van der Waals surface area contributed by atoms with Gasteiger partial charge in [0.2, 0.25) is 11.7 Å². The maximum atomic E-state index is 5.48. The first-order valence-electron chi connectivity index (χ1n) is 7.98. The van der Waals surface area contributed by atoms with Crippen LogP contribution < -0.4 is 0 Å². The second-order valence-electron chi connectivity index (χ2n) is 5.89. The highest BCUT2D eigenvalue weighted by atomic mass is 32.2. The Labute approximate surface area is 144 Å². The summed E-state index contributed by atoms with van der Waals surface area (Å²) >= 11 is 1.98. The molecule has 24 heavy (non-hydrogen) atoms. The third-order valence-electron chi connectivity index (χ3n) is 4.19. The molecule has 1 aliphatic rings. The SMILES string of the molecule is Cn1cc([C@H]2CSCCN2Cc2nc(-c3ccccc3)no2)cn1. The maximum Gasteiger partial charge on any atom is 0.241 e. The minimum Gasteiger partial charge on any atom is -0.338 e. The van der Waals surface area contributed by atoms with Crippen molar-refractivity contribution < 1.29 is 4.52 Å². The minimum atomic E-state index is 0.338. The van der Waals surface area contributed by atoms with Crippen LogP contribution in [0.15, 0.2) is 47.2 Å². The molecule has 1 aromatic carbocycles. The number of aromatic nitrogens is 4. The monoisotopic (exact) mass is 341 g/mol. The molecule has 0 N–H and O–H groups in total. The summed E-state index contributed by atoms with van der Waals surface area (Å²) in [5, 5.41) is 8.43. The van der Waals surface area contributed by atoms with Gasteiger partial charge in [0.15, 0.2) is 0 Å². The zero-order chi connectivity index (χ0) is 16.4. The van der Waals surface area contributed by atoms with Gasteiger partial charge < -0.3 is 4.52 Å². The molecular formula is C17H19N5OS. The van der Waals surface area contributed by atoms with Crippen molar-refractivity contribution in [2.24, 2.45) is 7.05 Å². The molecule has 0 unspecified atom stereocenters. The van der Waals surface area contributed by atoms with Crippen molar-refractivity contribution in [3.05, 3.63) is 54.2 Å². The summed E-state index contributed by atoms with van der Waals surface area (Å²) in [5.41, 5.74) is 2.22. The molecule has 0 spiro atoms. The van der Waals surface area contributed by atoms with Crippen LogP contribution in [-0.4, -0.2) is 42.9 Å². The Morgan fingerprint density at radius 1 is 1.29 bits per heavy atom. The quantitative estimate of drug-likeness (QED) is 0.727. The summed E-state index contributed by atoms with van der Waals surface area (Å²) in [7, 11) is 1.95. The number of rotatable bonds is 4. The van der Waals surface area contributed by atoms with Crippen LogP contribution in [0.3, 0.4) is 0 Å². The van der Waals surface area contributed by atoms with Crippen molar-refractivity contribution in [3.63, 3.8) is 0 Å². The second kappa shape index (κ2) is 6.78. The van der Waals surface area contributed by atoms with E-state index in [1.807, 2.05) is 60.0 Å². The molecule has 0 radical (unpaired) electrons. The van der Waals surface area contributed by atoms with E-state index in [1.54, 1.807) is 0 Å². The fourth-order valence-corrected chi connectivity index (χ4v) is 4.10. The normalized spacial score (nSPS) is 18.8. The third-order valence-corrected chi connectivity index (χ3v) is 5.21. The average molecular weight is 341 g/mol. The standard InChI is InChI=1S/C17H19N5OS/c1-21-10-14(9-18-21)15-12-24-8-7-22(15)11-16-19-17(20-23-16)13-5-3-2-4-6-13/h2-6,9-10,15H,7-8,11-12H2,1H3/t15-/m1/s1. The van der Waals surface area contributed by atoms with Crippen LogP contribution in [0.1, 0.15) is 17.5 Å². The van der Waals surface area contributed by atoms with Crippen LogP contribution in [0.4, 0.5) is 0 Å². The van der Waals surface area contributed by atoms with Crippen LogP contribution >= 0.6 is 11.8 Å². The molecular weight excluding hydrogens is 322 g/mol. The van der Waals surface area contributed by atoms with Crippen molar-refractivity contribution in [2.45, 2.75) is 12.6 Å². The maximum absolute atomic E-state index is 5.48. The number of aryl methyl sites for hydroxylation is 1. The first-order chi connectivity index (χ1) is 11.8. The summed E-state index contributed by atoms with van der Waals surface area (Å²) in [6.07, 6.45) is 4.04. The fourth-order valence-electron chi connectivity index (χ4n) is 2.94. The van der Waals surface area contributed by atoms with Crippen molar-refractivity contribution >= 4 is 11.8 Å². The second-order valence-corrected chi connectivity index (χ2v) is 7.04. The van der Waals surface area contributed by atoms with Crippen molar-refractivity contribution in [1.82, 2.24) is 24.8 Å². The summed E-state index contributed by atoms with van der Waals surface area (Å²) in [5.74, 6) is 3.49. The minimum absolute atomic E-state index is 0.338. The lowest BCUT2D eigenvalue weighted by Crippen LogP contribution is -2.35. The van der Waals surface area contributed by atoms with Gasteiger partial charge in [-0.2, -0.15) is 21.8 Å². The highest BCUT2D eigenvalue weighted by Crippen LogP contribution is 2.30. The molecule has 2 aromatic heterocycles. The molecule has 7 heteroatoms. The van der Waals surface area contributed by atoms with Gasteiger partial charge in [0.1, 0.15) is 0 Å². The van der Waals surface area contributed by atoms with E-state index in [-0.39, 0.29) is 0 Å². The van der Waals surface area contributed by atoms with Crippen LogP contribution in [0, 0.1) is 0 Å². The fraction of sp³-hybridized carbons (Fsp3) is 0.353. The Kier molecular flexibility index (Phi) is 4.36. The summed E-state index contributed by atoms with van der Waals surface area (Å²) < 4.78 is 7.33. The first kappa shape index (κ1) is 15.4. The van der Waals surface area contributed by atoms with Gasteiger partial charge in [-0.3, -0.25) is 9.58 Å². The summed E-state index contributed by atoms with van der Waals surface area (Å²) in [6.45, 7) is 1.67. The van der Waals surface area contributed by atoms with Gasteiger partial charge in [0.05, 0.1) is 12.7 Å². The summed E-state index contributed by atoms with van der Waals surface area (Å²) in [4.78, 5) is 6.96. The van der Waals surface area contributed by atoms with Crippen LogP contribution in [0.5, 0.6) is 0 Å². The van der Waals surface area contributed by atoms with Crippen LogP contribution in [-0.2, 0) is 13.6 Å². The zero-order valence-corrected chi connectivity index (χ0v) is 14.3. The van der Waals surface area contributed by atoms with Crippen molar-refractivity contribution in [3.8, 4) is 11.4 Å². The van der Waals surface area contributed by atoms with Gasteiger partial charge in [-0.05, 0) is 0 Å². The Bertz CT molecular complexity index is 800. The van der Waals surface area contributed by atoms with Gasteiger partial charge in [0, 0.05) is 48.5 Å². The van der Waals surface area contributed by atoms with E-state index in [9.17, 15) is 0 Å². The molecule has 6 nitrogen and oxygen atoms in total. The molecule has 1 fully saturated rings. The van der Waals surface area contributed by atoms with Gasteiger partial charge in [0.25, 0.3) is 0 Å². The topological polar surface area (TPSA) is 60.0 Å². The van der Waals surface area contributed by atoms with Crippen molar-refractivity contribution in [1.29, 1.82) is 0 Å². The highest BCUT2D eigenvalue weighted by Gasteiger charge is 2.27. The van der Waals surface area contributed by atoms with Crippen LogP contribution in [0.2, 0.25) is 0 Å². The number of hydrogen-bond acceptors (Lipinski definition) is 6. The van der Waals surface area contributed by atoms with Gasteiger partial charge in [-0.1, -0.05) is 35.5 Å². The zero-order valence-electron chi connectivity index (χ0n) is 13.5. The molecule has 0 amide bonds. The predicted molar refractivity (Wildman–Crippen MR) is 93.4 cm³/mol. The number of benzene rings is 1. The van der Waals surface area contributed by atoms with E-state index in [2.05, 4.69) is 26.3 Å². The molecule has 1 saturated heterocycles. The molecule has 4 rings (SSSR count). The van der Waals surface area contributed by atoms with Gasteiger partial charge in [-0.25, -0.2) is 0 Å². The highest BCUT2D eigenvalue weighted by molar-refractivity contribution is 7.99. The molecule has 3 aromatic rings. The predicted octanol–water partition coefficient (Wildman–Crippen LogP) is 2.76. The lowest BCUT2D eigenvalue weighted by atomic mass is 10.1. The lowest BCUT2D eigenvalue weighted by Gasteiger charge is -2.33. The van der Waals surface area contributed by atoms with Crippen LogP contribution in [0.25, 0.3) is 11.4 Å². The number of nitrogens with zero attached hydrogens (tertiary/aromatic N) is 5. The smallest absolute Gasteiger partial charge is 0.241 e. The molecule has 124 valence electrons. The van der Waals surface area contributed by atoms with Crippen molar-refractivity contribution in [2.75, 3.05) is 18.1 Å². The molecule has 0 saturated carbocycles. The van der Waals surface area contributed by atoms with Gasteiger partial charge in [-0.15, -0.1) is 0 Å². The van der Waals surface area contributed by atoms with E-state index >= 15 is 0 Å². The largest absolute Gasteiger partial charge is 0.338 e. The van der Waals surface area contributed by atoms with E-state index in [0.29, 0.717) is 24.3 Å². The average Bonchev–Trinajstić information content (AvgIpc) is 3.25. The molecule has 0 bridgehead atoms. The van der Waals surface area contributed by atoms with E-state index in [4.69, 9.17) is 4.52 Å². The number of thioether (sulfide) groups is 1. The molecule has 3 heterocycles. The molecule has 1 aliphatic heterocycles. The Hall–Kier alpha value is -2.12. The lowest BCUT2D eigenvalue weighted by molar-refractivity contribution is 0.184. The van der Waals surface area contributed by atoms with E-state index in [1.165, 1.54) is 5.56 Å². The molecule has 1 atom stereocenters.